The molecule has 2 aromatic rings. The number of pyridine rings is 1. The van der Waals surface area contributed by atoms with E-state index in [0.29, 0.717) is 32.8 Å². The van der Waals surface area contributed by atoms with Crippen LogP contribution in [-0.2, 0) is 4.79 Å². The predicted molar refractivity (Wildman–Crippen MR) is 140 cm³/mol. The van der Waals surface area contributed by atoms with Gasteiger partial charge in [-0.05, 0) is 31.2 Å². The maximum atomic E-state index is 13.5. The summed E-state index contributed by atoms with van der Waals surface area (Å²) in [7, 11) is 0. The first-order chi connectivity index (χ1) is 16.0. The van der Waals surface area contributed by atoms with Crippen LogP contribution in [0.3, 0.4) is 0 Å². The summed E-state index contributed by atoms with van der Waals surface area (Å²) in [6.45, 7) is 9.39. The molecule has 0 bridgehead atoms. The lowest BCUT2D eigenvalue weighted by Crippen LogP contribution is -2.47. The van der Waals surface area contributed by atoms with Gasteiger partial charge in [0.1, 0.15) is 15.8 Å². The minimum atomic E-state index is -0.165. The number of nitrogens with zero attached hydrogens (tertiary/aromatic N) is 5. The molecule has 0 saturated carbocycles. The monoisotopic (exact) mass is 485 g/mol. The Morgan fingerprint density at radius 3 is 2.61 bits per heavy atom. The quantitative estimate of drug-likeness (QED) is 0.322. The third-order valence-corrected chi connectivity index (χ3v) is 7.63. The fraction of sp³-hybridized carbons (Fsp3) is 0.500. The molecule has 7 nitrogen and oxygen atoms in total. The van der Waals surface area contributed by atoms with Crippen LogP contribution in [0.5, 0.6) is 0 Å². The number of thioether (sulfide) groups is 1. The zero-order chi connectivity index (χ0) is 23.4. The van der Waals surface area contributed by atoms with E-state index in [0.717, 1.165) is 58.4 Å². The minimum Gasteiger partial charge on any atom is -0.353 e. The van der Waals surface area contributed by atoms with Crippen LogP contribution in [0.2, 0.25) is 0 Å². The van der Waals surface area contributed by atoms with E-state index in [1.807, 2.05) is 18.2 Å². The van der Waals surface area contributed by atoms with Gasteiger partial charge in [0.15, 0.2) is 0 Å². The Morgan fingerprint density at radius 1 is 1.09 bits per heavy atom. The molecule has 33 heavy (non-hydrogen) atoms. The Labute approximate surface area is 204 Å². The van der Waals surface area contributed by atoms with Crippen molar-refractivity contribution in [3.05, 3.63) is 45.2 Å². The fourth-order valence-corrected chi connectivity index (χ4v) is 5.55. The second-order valence-electron chi connectivity index (χ2n) is 8.40. The van der Waals surface area contributed by atoms with E-state index in [9.17, 15) is 9.59 Å². The molecule has 0 spiro atoms. The average molecular weight is 486 g/mol. The first-order valence-electron chi connectivity index (χ1n) is 11.8. The largest absolute Gasteiger partial charge is 0.353 e. The molecule has 0 radical (unpaired) electrons. The highest BCUT2D eigenvalue weighted by molar-refractivity contribution is 8.26. The van der Waals surface area contributed by atoms with E-state index in [1.165, 1.54) is 11.8 Å². The van der Waals surface area contributed by atoms with Gasteiger partial charge in [-0.25, -0.2) is 4.98 Å². The number of anilines is 1. The first kappa shape index (κ1) is 23.9. The summed E-state index contributed by atoms with van der Waals surface area (Å²) < 4.78 is 2.11. The first-order valence-corrected chi connectivity index (χ1v) is 13.0. The molecular formula is C24H31N5O2S2. The van der Waals surface area contributed by atoms with Crippen LogP contribution in [0.25, 0.3) is 11.7 Å². The van der Waals surface area contributed by atoms with E-state index in [1.54, 1.807) is 21.6 Å². The molecule has 1 amide bonds. The summed E-state index contributed by atoms with van der Waals surface area (Å²) in [5.74, 6) is 0.538. The fourth-order valence-electron chi connectivity index (χ4n) is 4.25. The van der Waals surface area contributed by atoms with Crippen LogP contribution in [0, 0.1) is 0 Å². The van der Waals surface area contributed by atoms with Crippen LogP contribution in [-0.4, -0.2) is 68.7 Å². The smallest absolute Gasteiger partial charge is 0.267 e. The summed E-state index contributed by atoms with van der Waals surface area (Å²) in [4.78, 5) is 38.2. The standard InChI is InChI=1S/C24H31N5O2S2/c1-3-5-6-8-12-29-23(31)19(33-24(29)32)17-18-21(27-15-13-26(4-2)14-16-27)25-20-10-7-9-11-28(20)22(18)30/h7,9-11,17H,3-6,8,12-16H2,1-2H3/b19-17-. The molecular weight excluding hydrogens is 454 g/mol. The normalized spacial score (nSPS) is 18.8. The number of piperazine rings is 1. The molecule has 2 aliphatic heterocycles. The minimum absolute atomic E-state index is 0.110. The summed E-state index contributed by atoms with van der Waals surface area (Å²) in [5.41, 5.74) is 0.896. The van der Waals surface area contributed by atoms with Crippen molar-refractivity contribution < 1.29 is 4.79 Å². The molecule has 0 N–H and O–H groups in total. The highest BCUT2D eigenvalue weighted by Gasteiger charge is 2.32. The number of amides is 1. The zero-order valence-electron chi connectivity index (χ0n) is 19.3. The van der Waals surface area contributed by atoms with Crippen molar-refractivity contribution in [3.8, 4) is 0 Å². The number of carbonyl (C=O) groups is 1. The summed E-state index contributed by atoms with van der Waals surface area (Å²) in [5, 5.41) is 0. The van der Waals surface area contributed by atoms with E-state index in [-0.39, 0.29) is 11.5 Å². The van der Waals surface area contributed by atoms with Crippen molar-refractivity contribution in [2.75, 3.05) is 44.2 Å². The van der Waals surface area contributed by atoms with Crippen molar-refractivity contribution in [1.29, 1.82) is 0 Å². The summed E-state index contributed by atoms with van der Waals surface area (Å²) in [6.07, 6.45) is 7.74. The molecule has 0 aromatic carbocycles. The third-order valence-electron chi connectivity index (χ3n) is 6.25. The Kier molecular flexibility index (Phi) is 7.82. The summed E-state index contributed by atoms with van der Waals surface area (Å²) >= 11 is 6.78. The lowest BCUT2D eigenvalue weighted by atomic mass is 10.2. The van der Waals surface area contributed by atoms with Crippen molar-refractivity contribution in [1.82, 2.24) is 19.2 Å². The molecule has 0 aliphatic carbocycles. The Balaban J connectivity index is 1.68. The van der Waals surface area contributed by atoms with Crippen molar-refractivity contribution >= 4 is 51.7 Å². The molecule has 2 aromatic heterocycles. The van der Waals surface area contributed by atoms with Gasteiger partial charge in [0.2, 0.25) is 0 Å². The lowest BCUT2D eigenvalue weighted by molar-refractivity contribution is -0.122. The molecule has 4 rings (SSSR count). The number of unbranched alkanes of at least 4 members (excludes halogenated alkanes) is 3. The SMILES string of the molecule is CCCCCCN1C(=O)/C(=C/c2c(N3CCN(CC)CC3)nc3ccccn3c2=O)SC1=S. The molecule has 4 heterocycles. The number of rotatable bonds is 8. The molecule has 2 aliphatic rings. The summed E-state index contributed by atoms with van der Waals surface area (Å²) in [6, 6.07) is 5.53. The molecule has 176 valence electrons. The predicted octanol–water partition coefficient (Wildman–Crippen LogP) is 3.62. The highest BCUT2D eigenvalue weighted by Crippen LogP contribution is 2.34. The number of aromatic nitrogens is 2. The maximum Gasteiger partial charge on any atom is 0.267 e. The van der Waals surface area contributed by atoms with Crippen LogP contribution in [0.1, 0.15) is 45.1 Å². The zero-order valence-corrected chi connectivity index (χ0v) is 21.0. The number of hydrogen-bond acceptors (Lipinski definition) is 7. The Bertz CT molecular complexity index is 1120. The molecule has 2 fully saturated rings. The van der Waals surface area contributed by atoms with Crippen molar-refractivity contribution in [3.63, 3.8) is 0 Å². The maximum absolute atomic E-state index is 13.5. The highest BCUT2D eigenvalue weighted by atomic mass is 32.2. The Hall–Kier alpha value is -2.23. The number of carbonyl (C=O) groups excluding carboxylic acids is 1. The van der Waals surface area contributed by atoms with E-state index in [2.05, 4.69) is 23.6 Å². The Morgan fingerprint density at radius 2 is 1.88 bits per heavy atom. The van der Waals surface area contributed by atoms with E-state index in [4.69, 9.17) is 17.2 Å². The van der Waals surface area contributed by atoms with Crippen molar-refractivity contribution in [2.45, 2.75) is 39.5 Å². The molecule has 0 unspecified atom stereocenters. The third kappa shape index (κ3) is 5.15. The topological polar surface area (TPSA) is 61.2 Å². The van der Waals surface area contributed by atoms with Gasteiger partial charge in [-0.15, -0.1) is 0 Å². The number of thiocarbonyl (C=S) groups is 1. The number of hydrogen-bond donors (Lipinski definition) is 0. The van der Waals surface area contributed by atoms with Gasteiger partial charge < -0.3 is 9.80 Å². The van der Waals surface area contributed by atoms with Crippen LogP contribution in [0.4, 0.5) is 5.82 Å². The second kappa shape index (κ2) is 10.8. The van der Waals surface area contributed by atoms with Gasteiger partial charge in [0.25, 0.3) is 11.5 Å². The van der Waals surface area contributed by atoms with Gasteiger partial charge in [0, 0.05) is 38.9 Å². The molecule has 2 saturated heterocycles. The second-order valence-corrected chi connectivity index (χ2v) is 10.1. The number of likely N-dealkylation sites (N-methyl/N-ethyl adjacent to an activating group) is 1. The van der Waals surface area contributed by atoms with Gasteiger partial charge in [-0.2, -0.15) is 0 Å². The van der Waals surface area contributed by atoms with E-state index >= 15 is 0 Å². The van der Waals surface area contributed by atoms with Crippen LogP contribution < -0.4 is 10.5 Å². The average Bonchev–Trinajstić information content (AvgIpc) is 3.10. The van der Waals surface area contributed by atoms with Gasteiger partial charge in [-0.1, -0.05) is 63.2 Å². The van der Waals surface area contributed by atoms with Gasteiger partial charge in [0.05, 0.1) is 10.5 Å². The van der Waals surface area contributed by atoms with Crippen LogP contribution >= 0.6 is 24.0 Å². The number of fused-ring (bicyclic) bond motifs is 1. The lowest BCUT2D eigenvalue weighted by Gasteiger charge is -2.35. The van der Waals surface area contributed by atoms with Gasteiger partial charge >= 0.3 is 0 Å². The van der Waals surface area contributed by atoms with Crippen molar-refractivity contribution in [2.24, 2.45) is 0 Å². The molecule has 0 atom stereocenters. The molecule has 9 heteroatoms. The van der Waals surface area contributed by atoms with Gasteiger partial charge in [-0.3, -0.25) is 18.9 Å². The van der Waals surface area contributed by atoms with E-state index < -0.39 is 0 Å². The van der Waals surface area contributed by atoms with Crippen LogP contribution in [0.15, 0.2) is 34.1 Å².